The van der Waals surface area contributed by atoms with Gasteiger partial charge >= 0.3 is 5.97 Å². The fraction of sp³-hybridized carbons (Fsp3) is 0.375. The third-order valence-electron chi connectivity index (χ3n) is 3.44. The molecule has 0 bridgehead atoms. The third kappa shape index (κ3) is 3.47. The van der Waals surface area contributed by atoms with Crippen molar-refractivity contribution in [2.45, 2.75) is 26.2 Å². The van der Waals surface area contributed by atoms with E-state index >= 15 is 0 Å². The van der Waals surface area contributed by atoms with E-state index in [0.717, 1.165) is 23.3 Å². The van der Waals surface area contributed by atoms with Crippen LogP contribution in [0.1, 0.15) is 31.7 Å². The second-order valence-corrected chi connectivity index (χ2v) is 4.86. The monoisotopic (exact) mass is 274 g/mol. The fourth-order valence-corrected chi connectivity index (χ4v) is 2.41. The lowest BCUT2D eigenvalue weighted by atomic mass is 9.84. The summed E-state index contributed by atoms with van der Waals surface area (Å²) in [6.45, 7) is 2.55. The van der Waals surface area contributed by atoms with Gasteiger partial charge in [0.05, 0.1) is 13.0 Å². The second kappa shape index (κ2) is 6.37. The molecule has 1 aliphatic rings. The summed E-state index contributed by atoms with van der Waals surface area (Å²) < 4.78 is 5.38. The van der Waals surface area contributed by atoms with Crippen LogP contribution >= 0.6 is 0 Å². The number of aliphatic carboxylic acids is 1. The zero-order valence-corrected chi connectivity index (χ0v) is 11.5. The van der Waals surface area contributed by atoms with Gasteiger partial charge in [0.2, 0.25) is 0 Å². The summed E-state index contributed by atoms with van der Waals surface area (Å²) in [6.07, 6.45) is 2.85. The van der Waals surface area contributed by atoms with Gasteiger partial charge in [-0.25, -0.2) is 0 Å². The van der Waals surface area contributed by atoms with E-state index in [1.807, 2.05) is 31.2 Å². The molecule has 0 heterocycles. The molecular formula is C16H18O4. The van der Waals surface area contributed by atoms with Crippen molar-refractivity contribution in [3.05, 3.63) is 35.9 Å². The summed E-state index contributed by atoms with van der Waals surface area (Å²) in [4.78, 5) is 22.6. The van der Waals surface area contributed by atoms with Crippen LogP contribution in [0.4, 0.5) is 0 Å². The summed E-state index contributed by atoms with van der Waals surface area (Å²) >= 11 is 0. The van der Waals surface area contributed by atoms with Crippen molar-refractivity contribution >= 4 is 17.3 Å². The van der Waals surface area contributed by atoms with Gasteiger partial charge in [-0.15, -0.1) is 0 Å². The Bertz CT molecular complexity index is 528. The van der Waals surface area contributed by atoms with Gasteiger partial charge in [0.25, 0.3) is 0 Å². The van der Waals surface area contributed by atoms with Crippen LogP contribution in [0.25, 0.3) is 5.57 Å². The molecule has 0 fully saturated rings. The van der Waals surface area contributed by atoms with Crippen LogP contribution in [0.3, 0.4) is 0 Å². The molecule has 0 saturated heterocycles. The smallest absolute Gasteiger partial charge is 0.304 e. The van der Waals surface area contributed by atoms with Gasteiger partial charge < -0.3 is 9.84 Å². The third-order valence-corrected chi connectivity index (χ3v) is 3.44. The maximum absolute atomic E-state index is 11.9. The van der Waals surface area contributed by atoms with Crippen LogP contribution in [0.5, 0.6) is 5.75 Å². The molecule has 1 aromatic carbocycles. The van der Waals surface area contributed by atoms with E-state index in [9.17, 15) is 9.59 Å². The van der Waals surface area contributed by atoms with Gasteiger partial charge in [-0.05, 0) is 49.1 Å². The van der Waals surface area contributed by atoms with Crippen LogP contribution in [-0.4, -0.2) is 23.5 Å². The van der Waals surface area contributed by atoms with Crippen LogP contribution in [0.15, 0.2) is 30.3 Å². The molecule has 0 aliphatic heterocycles. The molecule has 0 radical (unpaired) electrons. The Morgan fingerprint density at radius 1 is 1.35 bits per heavy atom. The van der Waals surface area contributed by atoms with E-state index < -0.39 is 5.97 Å². The Morgan fingerprint density at radius 3 is 2.60 bits per heavy atom. The van der Waals surface area contributed by atoms with Gasteiger partial charge in [-0.1, -0.05) is 12.1 Å². The molecule has 4 nitrogen and oxygen atoms in total. The lowest BCUT2D eigenvalue weighted by Gasteiger charge is -2.19. The van der Waals surface area contributed by atoms with Crippen molar-refractivity contribution in [3.63, 3.8) is 0 Å². The predicted octanol–water partition coefficient (Wildman–Crippen LogP) is 2.92. The topological polar surface area (TPSA) is 63.6 Å². The normalized spacial score (nSPS) is 18.6. The highest BCUT2D eigenvalue weighted by atomic mass is 16.5. The number of allylic oxidation sites excluding steroid dienone is 2. The van der Waals surface area contributed by atoms with E-state index in [-0.39, 0.29) is 18.1 Å². The summed E-state index contributed by atoms with van der Waals surface area (Å²) in [5, 5.41) is 8.76. The molecule has 1 aliphatic carbocycles. The van der Waals surface area contributed by atoms with Crippen molar-refractivity contribution in [2.24, 2.45) is 5.92 Å². The van der Waals surface area contributed by atoms with Crippen molar-refractivity contribution in [1.82, 2.24) is 0 Å². The van der Waals surface area contributed by atoms with E-state index in [1.165, 1.54) is 0 Å². The van der Waals surface area contributed by atoms with Crippen LogP contribution < -0.4 is 4.74 Å². The molecule has 0 amide bonds. The van der Waals surface area contributed by atoms with Crippen molar-refractivity contribution < 1.29 is 19.4 Å². The Hall–Kier alpha value is -2.10. The lowest BCUT2D eigenvalue weighted by molar-refractivity contribution is -0.140. The number of benzene rings is 1. The first-order chi connectivity index (χ1) is 9.60. The first-order valence-corrected chi connectivity index (χ1v) is 6.79. The first-order valence-electron chi connectivity index (χ1n) is 6.79. The maximum Gasteiger partial charge on any atom is 0.304 e. The minimum Gasteiger partial charge on any atom is -0.494 e. The van der Waals surface area contributed by atoms with Crippen molar-refractivity contribution in [2.75, 3.05) is 6.61 Å². The molecule has 0 spiro atoms. The minimum atomic E-state index is -0.915. The number of carbonyl (C=O) groups excluding carboxylic acids is 1. The number of hydrogen-bond donors (Lipinski definition) is 1. The standard InChI is InChI=1S/C16H18O4/c1-2-20-14-7-5-11(6-8-14)12-3-4-13(10-16(18)19)15(17)9-12/h5-9,13H,2-4,10H2,1H3,(H,18,19)/t13-/m1/s1. The molecule has 1 N–H and O–H groups in total. The molecule has 4 heteroatoms. The SMILES string of the molecule is CCOc1ccc(C2=CC(=O)[C@@H](CC(=O)O)CC2)cc1. The quantitative estimate of drug-likeness (QED) is 0.896. The maximum atomic E-state index is 11.9. The summed E-state index contributed by atoms with van der Waals surface area (Å²) in [5.74, 6) is -0.564. The molecule has 1 aromatic rings. The highest BCUT2D eigenvalue weighted by molar-refractivity contribution is 6.01. The van der Waals surface area contributed by atoms with Gasteiger partial charge in [0.1, 0.15) is 5.75 Å². The van der Waals surface area contributed by atoms with Gasteiger partial charge in [0.15, 0.2) is 5.78 Å². The number of carboxylic acid groups (broad SMARTS) is 1. The highest BCUT2D eigenvalue weighted by Crippen LogP contribution is 2.30. The van der Waals surface area contributed by atoms with Crippen molar-refractivity contribution in [3.8, 4) is 5.75 Å². The van der Waals surface area contributed by atoms with Crippen LogP contribution in [0, 0.1) is 5.92 Å². The summed E-state index contributed by atoms with van der Waals surface area (Å²) in [5.41, 5.74) is 1.97. The van der Waals surface area contributed by atoms with Gasteiger partial charge in [0, 0.05) is 5.92 Å². The average molecular weight is 274 g/mol. The van der Waals surface area contributed by atoms with Crippen LogP contribution in [-0.2, 0) is 9.59 Å². The Labute approximate surface area is 118 Å². The number of carboxylic acids is 1. The average Bonchev–Trinajstić information content (AvgIpc) is 2.42. The zero-order valence-electron chi connectivity index (χ0n) is 11.5. The van der Waals surface area contributed by atoms with E-state index in [2.05, 4.69) is 0 Å². The van der Waals surface area contributed by atoms with Crippen molar-refractivity contribution in [1.29, 1.82) is 0 Å². The molecule has 106 valence electrons. The Kier molecular flexibility index (Phi) is 4.56. The molecule has 1 atom stereocenters. The zero-order chi connectivity index (χ0) is 14.5. The second-order valence-electron chi connectivity index (χ2n) is 4.86. The molecule has 0 unspecified atom stereocenters. The number of hydrogen-bond acceptors (Lipinski definition) is 3. The summed E-state index contributed by atoms with van der Waals surface area (Å²) in [6, 6.07) is 7.63. The number of ether oxygens (including phenoxy) is 1. The number of carbonyl (C=O) groups is 2. The Morgan fingerprint density at radius 2 is 2.05 bits per heavy atom. The first kappa shape index (κ1) is 14.3. The van der Waals surface area contributed by atoms with E-state index in [4.69, 9.17) is 9.84 Å². The summed E-state index contributed by atoms with van der Waals surface area (Å²) in [7, 11) is 0. The molecule has 20 heavy (non-hydrogen) atoms. The predicted molar refractivity (Wildman–Crippen MR) is 75.6 cm³/mol. The Balaban J connectivity index is 2.10. The molecule has 0 aromatic heterocycles. The largest absolute Gasteiger partial charge is 0.494 e. The van der Waals surface area contributed by atoms with Crippen LogP contribution in [0.2, 0.25) is 0 Å². The fourth-order valence-electron chi connectivity index (χ4n) is 2.41. The number of ketones is 1. The number of rotatable bonds is 5. The minimum absolute atomic E-state index is 0.0775. The lowest BCUT2D eigenvalue weighted by Crippen LogP contribution is -2.20. The van der Waals surface area contributed by atoms with E-state index in [1.54, 1.807) is 6.08 Å². The molecule has 0 saturated carbocycles. The van der Waals surface area contributed by atoms with E-state index in [0.29, 0.717) is 13.0 Å². The van der Waals surface area contributed by atoms with Gasteiger partial charge in [-0.3, -0.25) is 9.59 Å². The van der Waals surface area contributed by atoms with Gasteiger partial charge in [-0.2, -0.15) is 0 Å². The molecular weight excluding hydrogens is 256 g/mol. The molecule has 2 rings (SSSR count). The highest BCUT2D eigenvalue weighted by Gasteiger charge is 2.25.